The van der Waals surface area contributed by atoms with Crippen molar-refractivity contribution < 1.29 is 61.2 Å². The van der Waals surface area contributed by atoms with Crippen LogP contribution in [-0.4, -0.2) is 86.2 Å². The number of nitrogens with one attached hydrogen (secondary N) is 3. The summed E-state index contributed by atoms with van der Waals surface area (Å²) >= 11 is 0. The number of carbonyl (C=O) groups is 6. The summed E-state index contributed by atoms with van der Waals surface area (Å²) in [5.41, 5.74) is -1.74. The summed E-state index contributed by atoms with van der Waals surface area (Å²) in [6.07, 6.45) is 0.522. The number of alkyl carbamates (subject to hydrolysis) is 3. The van der Waals surface area contributed by atoms with E-state index in [2.05, 4.69) is 25.4 Å². The number of carbonyl (C=O) groups excluding carboxylic acids is 6. The third kappa shape index (κ3) is 34.1. The van der Waals surface area contributed by atoms with Gasteiger partial charge in [-0.3, -0.25) is 0 Å². The quantitative estimate of drug-likeness (QED) is 0.130. The summed E-state index contributed by atoms with van der Waals surface area (Å²) in [6.45, 7) is 18.6. The minimum atomic E-state index is -1.04. The highest BCUT2D eigenvalue weighted by molar-refractivity contribution is 5.86. The van der Waals surface area contributed by atoms with E-state index in [9.17, 15) is 37.5 Å². The lowest BCUT2D eigenvalue weighted by Gasteiger charge is -2.19. The molecule has 16 heteroatoms. The SMILES string of the molecule is CC(C)(C)OC(=O)NCC=O.CCOC(=O)/C(F)=C/CNC(=O)OC(C)(C)C.CCOC(=O)/C(F)=C\CNC(=O)OC(C)(C)C. The lowest BCUT2D eigenvalue weighted by atomic mass is 10.2. The molecule has 0 aliphatic rings. The molecule has 0 spiro atoms. The van der Waals surface area contributed by atoms with Crippen molar-refractivity contribution in [2.75, 3.05) is 32.8 Å². The fraction of sp³-hybridized carbons (Fsp3) is 0.655. The van der Waals surface area contributed by atoms with Gasteiger partial charge in [0.1, 0.15) is 23.1 Å². The first-order valence-electron chi connectivity index (χ1n) is 13.9. The van der Waals surface area contributed by atoms with Crippen molar-refractivity contribution in [2.45, 2.75) is 93.0 Å². The summed E-state index contributed by atoms with van der Waals surface area (Å²) in [7, 11) is 0. The number of rotatable bonds is 10. The standard InChI is InChI=1S/2C11H18FNO4.C7H13NO3/c2*1-5-16-9(14)8(12)6-7-13-10(15)17-11(2,3)4;1-7(2,3)11-6(10)8-4-5-9/h2*6H,5,7H2,1-4H3,(H,13,15);5H,4H2,1-3H3,(H,8,10)/b8-6+;8-6-;. The Morgan fingerprint density at radius 1 is 0.556 bits per heavy atom. The van der Waals surface area contributed by atoms with Crippen LogP contribution >= 0.6 is 0 Å². The number of hydrogen-bond acceptors (Lipinski definition) is 11. The maximum absolute atomic E-state index is 13.0. The van der Waals surface area contributed by atoms with Gasteiger partial charge in [-0.15, -0.1) is 0 Å². The first kappa shape index (κ1) is 45.2. The summed E-state index contributed by atoms with van der Waals surface area (Å²) in [4.78, 5) is 64.5. The maximum Gasteiger partial charge on any atom is 0.408 e. The van der Waals surface area contributed by atoms with Gasteiger partial charge in [-0.1, -0.05) is 0 Å². The van der Waals surface area contributed by atoms with E-state index in [-0.39, 0.29) is 32.8 Å². The van der Waals surface area contributed by atoms with Crippen molar-refractivity contribution >= 4 is 36.5 Å². The highest BCUT2D eigenvalue weighted by Gasteiger charge is 2.17. The van der Waals surface area contributed by atoms with Gasteiger partial charge in [0.25, 0.3) is 0 Å². The van der Waals surface area contributed by atoms with E-state index < -0.39 is 58.7 Å². The van der Waals surface area contributed by atoms with Crippen LogP contribution < -0.4 is 16.0 Å². The van der Waals surface area contributed by atoms with E-state index in [0.29, 0.717) is 6.29 Å². The zero-order valence-corrected chi connectivity index (χ0v) is 28.0. The van der Waals surface area contributed by atoms with E-state index in [1.54, 1.807) is 76.2 Å². The van der Waals surface area contributed by atoms with Crippen LogP contribution in [0.3, 0.4) is 0 Å². The minimum Gasteiger partial charge on any atom is -0.461 e. The Morgan fingerprint density at radius 3 is 1.04 bits per heavy atom. The smallest absolute Gasteiger partial charge is 0.408 e. The van der Waals surface area contributed by atoms with Crippen LogP contribution in [0.25, 0.3) is 0 Å². The number of aldehydes is 1. The average molecular weight is 654 g/mol. The van der Waals surface area contributed by atoms with Crippen molar-refractivity contribution in [3.05, 3.63) is 23.8 Å². The Labute approximate surface area is 263 Å². The first-order valence-corrected chi connectivity index (χ1v) is 13.9. The summed E-state index contributed by atoms with van der Waals surface area (Å²) < 4.78 is 49.4. The highest BCUT2D eigenvalue weighted by Crippen LogP contribution is 2.08. The van der Waals surface area contributed by atoms with Gasteiger partial charge in [0.2, 0.25) is 11.7 Å². The van der Waals surface area contributed by atoms with E-state index in [1.807, 2.05) is 0 Å². The van der Waals surface area contributed by atoms with Gasteiger partial charge in [-0.25, -0.2) is 24.0 Å². The van der Waals surface area contributed by atoms with Gasteiger partial charge in [0.05, 0.1) is 19.8 Å². The summed E-state index contributed by atoms with van der Waals surface area (Å²) in [5.74, 6) is -4.16. The largest absolute Gasteiger partial charge is 0.461 e. The number of hydrogen-bond donors (Lipinski definition) is 3. The second-order valence-electron chi connectivity index (χ2n) is 11.4. The number of esters is 2. The van der Waals surface area contributed by atoms with Gasteiger partial charge in [0.15, 0.2) is 0 Å². The molecule has 0 radical (unpaired) electrons. The van der Waals surface area contributed by atoms with Crippen LogP contribution in [0, 0.1) is 0 Å². The van der Waals surface area contributed by atoms with Gasteiger partial charge in [-0.2, -0.15) is 8.78 Å². The predicted molar refractivity (Wildman–Crippen MR) is 160 cm³/mol. The van der Waals surface area contributed by atoms with Gasteiger partial charge in [0, 0.05) is 13.1 Å². The lowest BCUT2D eigenvalue weighted by Crippen LogP contribution is -2.33. The molecule has 0 saturated carbocycles. The molecule has 45 heavy (non-hydrogen) atoms. The number of halogens is 2. The summed E-state index contributed by atoms with van der Waals surface area (Å²) in [6, 6.07) is 0. The molecule has 0 aliphatic heterocycles. The summed E-state index contributed by atoms with van der Waals surface area (Å²) in [5, 5.41) is 6.82. The normalized spacial score (nSPS) is 11.6. The Hall–Kier alpha value is -4.24. The molecule has 0 unspecified atom stereocenters. The second-order valence-corrected chi connectivity index (χ2v) is 11.4. The third-order valence-electron chi connectivity index (χ3n) is 3.52. The average Bonchev–Trinajstić information content (AvgIpc) is 2.85. The van der Waals surface area contributed by atoms with Crippen LogP contribution in [0.5, 0.6) is 0 Å². The van der Waals surface area contributed by atoms with Crippen LogP contribution in [0.2, 0.25) is 0 Å². The first-order chi connectivity index (χ1) is 20.5. The highest BCUT2D eigenvalue weighted by atomic mass is 19.1. The van der Waals surface area contributed by atoms with E-state index in [4.69, 9.17) is 14.2 Å². The molecule has 0 saturated heterocycles. The Kier molecular flexibility index (Phi) is 23.3. The Balaban J connectivity index is -0.000000604. The van der Waals surface area contributed by atoms with Crippen molar-refractivity contribution in [3.8, 4) is 0 Å². The van der Waals surface area contributed by atoms with E-state index >= 15 is 0 Å². The molecule has 0 bridgehead atoms. The Bertz CT molecular complexity index is 948. The predicted octanol–water partition coefficient (Wildman–Crippen LogP) is 4.57. The fourth-order valence-electron chi connectivity index (χ4n) is 2.08. The molecule has 0 fully saturated rings. The third-order valence-corrected chi connectivity index (χ3v) is 3.52. The molecule has 3 N–H and O–H groups in total. The van der Waals surface area contributed by atoms with Crippen LogP contribution in [0.15, 0.2) is 23.8 Å². The zero-order valence-electron chi connectivity index (χ0n) is 28.0. The minimum absolute atomic E-state index is 0.00505. The molecular formula is C29H49F2N3O11. The van der Waals surface area contributed by atoms with E-state index in [0.717, 1.165) is 12.2 Å². The van der Waals surface area contributed by atoms with Gasteiger partial charge in [-0.05, 0) is 88.3 Å². The number of amides is 3. The number of ether oxygens (including phenoxy) is 5. The molecule has 260 valence electrons. The molecule has 0 aliphatic carbocycles. The fourth-order valence-corrected chi connectivity index (χ4v) is 2.08. The van der Waals surface area contributed by atoms with E-state index in [1.165, 1.54) is 0 Å². The topological polar surface area (TPSA) is 185 Å². The molecule has 0 heterocycles. The van der Waals surface area contributed by atoms with Crippen molar-refractivity contribution in [1.29, 1.82) is 0 Å². The van der Waals surface area contributed by atoms with Gasteiger partial charge >= 0.3 is 30.2 Å². The van der Waals surface area contributed by atoms with Crippen LogP contribution in [0.4, 0.5) is 23.2 Å². The van der Waals surface area contributed by atoms with Crippen LogP contribution in [-0.2, 0) is 38.1 Å². The zero-order chi connectivity index (χ0) is 35.9. The van der Waals surface area contributed by atoms with Gasteiger partial charge < -0.3 is 44.4 Å². The molecule has 0 aromatic rings. The maximum atomic E-state index is 13.0. The molecule has 0 aromatic heterocycles. The molecular weight excluding hydrogens is 604 g/mol. The van der Waals surface area contributed by atoms with Crippen molar-refractivity contribution in [2.24, 2.45) is 0 Å². The Morgan fingerprint density at radius 2 is 0.822 bits per heavy atom. The monoisotopic (exact) mass is 653 g/mol. The molecule has 0 aromatic carbocycles. The van der Waals surface area contributed by atoms with Crippen molar-refractivity contribution in [3.63, 3.8) is 0 Å². The van der Waals surface area contributed by atoms with Crippen molar-refractivity contribution in [1.82, 2.24) is 16.0 Å². The lowest BCUT2D eigenvalue weighted by molar-refractivity contribution is -0.141. The second kappa shape index (κ2) is 23.2. The van der Waals surface area contributed by atoms with Crippen LogP contribution in [0.1, 0.15) is 76.2 Å². The molecule has 3 amide bonds. The molecule has 0 rings (SSSR count). The molecule has 0 atom stereocenters. The molecule has 14 nitrogen and oxygen atoms in total.